The molecule has 2 aromatic rings. The summed E-state index contributed by atoms with van der Waals surface area (Å²) in [5, 5.41) is 12.3. The van der Waals surface area contributed by atoms with Crippen LogP contribution in [0.1, 0.15) is 6.42 Å². The third-order valence-corrected chi connectivity index (χ3v) is 6.01. The molecule has 33 heavy (non-hydrogen) atoms. The van der Waals surface area contributed by atoms with Gasteiger partial charge in [-0.05, 0) is 47.5 Å². The van der Waals surface area contributed by atoms with Crippen molar-refractivity contribution in [3.05, 3.63) is 46.8 Å². The lowest BCUT2D eigenvalue weighted by molar-refractivity contribution is -0.192. The van der Waals surface area contributed by atoms with Gasteiger partial charge >= 0.3 is 12.1 Å². The van der Waals surface area contributed by atoms with Crippen molar-refractivity contribution < 1.29 is 36.2 Å². The monoisotopic (exact) mass is 489 g/mol. The van der Waals surface area contributed by atoms with Crippen LogP contribution in [0.4, 0.5) is 18.9 Å². The van der Waals surface area contributed by atoms with E-state index >= 15 is 0 Å². The van der Waals surface area contributed by atoms with E-state index in [2.05, 4.69) is 19.6 Å². The Labute approximate surface area is 187 Å². The van der Waals surface area contributed by atoms with Gasteiger partial charge in [0.2, 0.25) is 10.0 Å². The third-order valence-electron chi connectivity index (χ3n) is 4.56. The van der Waals surface area contributed by atoms with Gasteiger partial charge < -0.3 is 9.84 Å². The normalized spacial score (nSPS) is 14.8. The number of nitrogens with one attached hydrogen (secondary N) is 1. The number of carboxylic acid groups (broad SMARTS) is 1. The van der Waals surface area contributed by atoms with Crippen LogP contribution in [-0.4, -0.2) is 70.0 Å². The maximum atomic E-state index is 12.5. The Morgan fingerprint density at radius 3 is 2.39 bits per heavy atom. The maximum Gasteiger partial charge on any atom is 0.490 e. The summed E-state index contributed by atoms with van der Waals surface area (Å²) in [6.07, 6.45) is -4.33. The maximum absolute atomic E-state index is 12.5. The van der Waals surface area contributed by atoms with Gasteiger partial charge in [0.05, 0.1) is 18.1 Å². The van der Waals surface area contributed by atoms with Crippen molar-refractivity contribution in [1.82, 2.24) is 9.62 Å². The minimum atomic E-state index is -5.08. The van der Waals surface area contributed by atoms with E-state index in [9.17, 15) is 21.6 Å². The van der Waals surface area contributed by atoms with E-state index in [1.165, 1.54) is 0 Å². The second kappa shape index (κ2) is 11.8. The Kier molecular flexibility index (Phi) is 9.44. The summed E-state index contributed by atoms with van der Waals surface area (Å²) in [6.45, 7) is 4.53. The number of nitrogens with zero attached hydrogens (tertiary/aromatic N) is 4. The van der Waals surface area contributed by atoms with Gasteiger partial charge in [0.15, 0.2) is 0 Å². The Hall–Kier alpha value is -2.90. The molecule has 1 heterocycles. The average Bonchev–Trinajstić information content (AvgIpc) is 2.77. The summed E-state index contributed by atoms with van der Waals surface area (Å²) >= 11 is 0. The minimum absolute atomic E-state index is 0.230. The fourth-order valence-corrected chi connectivity index (χ4v) is 4.02. The summed E-state index contributed by atoms with van der Waals surface area (Å²) < 4.78 is 64.7. The fraction of sp³-hybridized carbons (Fsp3) is 0.421. The highest BCUT2D eigenvalue weighted by atomic mass is 32.2. The van der Waals surface area contributed by atoms with Crippen LogP contribution in [0.25, 0.3) is 21.2 Å². The van der Waals surface area contributed by atoms with E-state index in [4.69, 9.17) is 20.2 Å². The van der Waals surface area contributed by atoms with Crippen LogP contribution in [0, 0.1) is 0 Å². The smallest absolute Gasteiger partial charge is 0.475 e. The van der Waals surface area contributed by atoms with E-state index < -0.39 is 22.2 Å². The summed E-state index contributed by atoms with van der Waals surface area (Å²) in [5.41, 5.74) is 8.99. The molecule has 0 unspecified atom stereocenters. The highest BCUT2D eigenvalue weighted by Crippen LogP contribution is 2.24. The Morgan fingerprint density at radius 2 is 1.79 bits per heavy atom. The molecule has 0 aliphatic carbocycles. The highest BCUT2D eigenvalue weighted by Gasteiger charge is 2.38. The molecule has 2 N–H and O–H groups in total. The predicted octanol–water partition coefficient (Wildman–Crippen LogP) is 3.42. The van der Waals surface area contributed by atoms with Crippen LogP contribution in [0.3, 0.4) is 0 Å². The molecule has 3 rings (SSSR count). The van der Waals surface area contributed by atoms with Crippen LogP contribution < -0.4 is 4.72 Å². The van der Waals surface area contributed by atoms with Crippen molar-refractivity contribution in [3.8, 4) is 0 Å². The van der Waals surface area contributed by atoms with Crippen molar-refractivity contribution in [1.29, 1.82) is 0 Å². The summed E-state index contributed by atoms with van der Waals surface area (Å²) in [4.78, 5) is 14.2. The average molecular weight is 489 g/mol. The molecule has 0 aromatic heterocycles. The molecule has 0 amide bonds. The number of alkyl halides is 3. The Morgan fingerprint density at radius 1 is 1.18 bits per heavy atom. The van der Waals surface area contributed by atoms with Crippen molar-refractivity contribution in [2.75, 3.05) is 39.4 Å². The van der Waals surface area contributed by atoms with E-state index in [1.807, 2.05) is 0 Å². The van der Waals surface area contributed by atoms with Gasteiger partial charge in [-0.2, -0.15) is 13.2 Å². The number of fused-ring (bicyclic) bond motifs is 1. The Bertz CT molecular complexity index is 1110. The van der Waals surface area contributed by atoms with Gasteiger partial charge in [-0.1, -0.05) is 23.3 Å². The lowest BCUT2D eigenvalue weighted by Crippen LogP contribution is -2.38. The molecule has 180 valence electrons. The first-order chi connectivity index (χ1) is 15.5. The van der Waals surface area contributed by atoms with Gasteiger partial charge in [0, 0.05) is 30.2 Å². The fourth-order valence-electron chi connectivity index (χ4n) is 2.91. The lowest BCUT2D eigenvalue weighted by Gasteiger charge is -2.26. The first-order valence-corrected chi connectivity index (χ1v) is 11.2. The molecule has 14 heteroatoms. The third kappa shape index (κ3) is 8.51. The number of sulfonamides is 1. The van der Waals surface area contributed by atoms with Crippen molar-refractivity contribution in [3.63, 3.8) is 0 Å². The molecular formula is C19H22F3N5O5S. The summed E-state index contributed by atoms with van der Waals surface area (Å²) in [5.74, 6) is -2.76. The number of rotatable bonds is 7. The molecule has 0 radical (unpaired) electrons. The number of morpholine rings is 1. The molecule has 0 spiro atoms. The number of azide groups is 1. The van der Waals surface area contributed by atoms with Crippen molar-refractivity contribution >= 4 is 32.5 Å². The molecule has 1 fully saturated rings. The summed E-state index contributed by atoms with van der Waals surface area (Å²) in [7, 11) is -3.55. The number of aliphatic carboxylic acids is 1. The van der Waals surface area contributed by atoms with Crippen molar-refractivity contribution in [2.24, 2.45) is 5.11 Å². The molecular weight excluding hydrogens is 467 g/mol. The van der Waals surface area contributed by atoms with E-state index in [1.54, 1.807) is 36.4 Å². The number of ether oxygens (including phenoxy) is 1. The molecule has 1 saturated heterocycles. The molecule has 1 aliphatic heterocycles. The summed E-state index contributed by atoms with van der Waals surface area (Å²) in [6, 6.07) is 10.0. The first kappa shape index (κ1) is 26.4. The van der Waals surface area contributed by atoms with Gasteiger partial charge in [-0.25, -0.2) is 17.9 Å². The van der Waals surface area contributed by atoms with Gasteiger partial charge in [-0.3, -0.25) is 4.90 Å². The van der Waals surface area contributed by atoms with Crippen LogP contribution in [0.2, 0.25) is 0 Å². The standard InChI is InChI=1S/C17H21N5O3S.C2HF3O2/c18-21-20-16-4-2-15-13-17(5-3-14(15)12-16)26(23,24)19-6-1-7-22-8-10-25-11-9-22;3-2(4,5)1(6)7/h2-5,12-13,19H,1,6-11H2;(H,6,7). The topological polar surface area (TPSA) is 145 Å². The molecule has 1 aliphatic rings. The van der Waals surface area contributed by atoms with E-state index in [0.717, 1.165) is 50.0 Å². The van der Waals surface area contributed by atoms with E-state index in [-0.39, 0.29) is 4.90 Å². The second-order valence-corrected chi connectivity index (χ2v) is 8.66. The zero-order valence-corrected chi connectivity index (χ0v) is 18.1. The van der Waals surface area contributed by atoms with Crippen molar-refractivity contribution in [2.45, 2.75) is 17.5 Å². The molecule has 0 saturated carbocycles. The Balaban J connectivity index is 0.000000479. The second-order valence-electron chi connectivity index (χ2n) is 6.89. The number of benzene rings is 2. The number of hydrogen-bond acceptors (Lipinski definition) is 6. The molecule has 2 aromatic carbocycles. The van der Waals surface area contributed by atoms with Crippen LogP contribution in [-0.2, 0) is 19.6 Å². The number of hydrogen-bond donors (Lipinski definition) is 2. The van der Waals surface area contributed by atoms with Gasteiger partial charge in [0.25, 0.3) is 0 Å². The largest absolute Gasteiger partial charge is 0.490 e. The number of halogens is 3. The quantitative estimate of drug-likeness (QED) is 0.264. The first-order valence-electron chi connectivity index (χ1n) is 9.72. The van der Waals surface area contributed by atoms with E-state index in [0.29, 0.717) is 12.2 Å². The van der Waals surface area contributed by atoms with Crippen LogP contribution in [0.5, 0.6) is 0 Å². The molecule has 10 nitrogen and oxygen atoms in total. The lowest BCUT2D eigenvalue weighted by atomic mass is 10.1. The van der Waals surface area contributed by atoms with Crippen LogP contribution >= 0.6 is 0 Å². The zero-order valence-electron chi connectivity index (χ0n) is 17.3. The van der Waals surface area contributed by atoms with Crippen LogP contribution in [0.15, 0.2) is 46.4 Å². The highest BCUT2D eigenvalue weighted by molar-refractivity contribution is 7.89. The number of carboxylic acids is 1. The number of carbonyl (C=O) groups is 1. The minimum Gasteiger partial charge on any atom is -0.475 e. The van der Waals surface area contributed by atoms with Gasteiger partial charge in [0.1, 0.15) is 0 Å². The predicted molar refractivity (Wildman–Crippen MR) is 114 cm³/mol. The SMILES string of the molecule is O=C(O)C(F)(F)F.[N-]=[N+]=Nc1ccc2cc(S(=O)(=O)NCCCN3CCOCC3)ccc2c1. The molecule has 0 atom stereocenters. The van der Waals surface area contributed by atoms with Gasteiger partial charge in [-0.15, -0.1) is 0 Å². The molecule has 0 bridgehead atoms. The zero-order chi connectivity index (χ0) is 24.5.